The van der Waals surface area contributed by atoms with Crippen molar-refractivity contribution >= 4 is 11.4 Å². The van der Waals surface area contributed by atoms with E-state index in [1.54, 1.807) is 0 Å². The SMILES string of the molecule is C1=CCC(N(c2ccccc2)c2ccc3c(c2)Oc2ccccc2C32c3ccccc3-c3ncccc32)C=C1. The van der Waals surface area contributed by atoms with Crippen molar-refractivity contribution in [2.24, 2.45) is 0 Å². The maximum absolute atomic E-state index is 6.73. The molecule has 5 aromatic rings. The van der Waals surface area contributed by atoms with Crippen LogP contribution in [-0.4, -0.2) is 11.0 Å². The van der Waals surface area contributed by atoms with Crippen molar-refractivity contribution in [3.05, 3.63) is 162 Å². The van der Waals surface area contributed by atoms with E-state index in [0.717, 1.165) is 46.1 Å². The summed E-state index contributed by atoms with van der Waals surface area (Å²) in [7, 11) is 0. The predicted molar refractivity (Wildman–Crippen MR) is 157 cm³/mol. The van der Waals surface area contributed by atoms with Crippen LogP contribution < -0.4 is 9.64 Å². The lowest BCUT2D eigenvalue weighted by molar-refractivity contribution is 0.436. The van der Waals surface area contributed by atoms with Gasteiger partial charge >= 0.3 is 0 Å². The molecule has 3 heteroatoms. The van der Waals surface area contributed by atoms with Crippen LogP contribution in [0.15, 0.2) is 140 Å². The Kier molecular flexibility index (Phi) is 4.86. The molecule has 0 fully saturated rings. The van der Waals surface area contributed by atoms with Gasteiger partial charge in [0, 0.05) is 40.3 Å². The number of ether oxygens (including phenoxy) is 1. The average molecular weight is 503 g/mol. The molecule has 0 saturated heterocycles. The number of hydrogen-bond acceptors (Lipinski definition) is 3. The Bertz CT molecular complexity index is 1740. The van der Waals surface area contributed by atoms with Gasteiger partial charge in [0.05, 0.1) is 17.2 Å². The number of benzene rings is 4. The first kappa shape index (κ1) is 22.1. The topological polar surface area (TPSA) is 25.4 Å². The van der Waals surface area contributed by atoms with Gasteiger partial charge in [-0.2, -0.15) is 0 Å². The van der Waals surface area contributed by atoms with Crippen molar-refractivity contribution in [1.82, 2.24) is 4.98 Å². The fourth-order valence-electron chi connectivity index (χ4n) is 6.73. The summed E-state index contributed by atoms with van der Waals surface area (Å²) < 4.78 is 6.73. The summed E-state index contributed by atoms with van der Waals surface area (Å²) in [5.74, 6) is 1.77. The third-order valence-corrected chi connectivity index (χ3v) is 8.28. The van der Waals surface area contributed by atoms with Gasteiger partial charge in [0.25, 0.3) is 0 Å². The number of aromatic nitrogens is 1. The molecule has 186 valence electrons. The van der Waals surface area contributed by atoms with E-state index in [4.69, 9.17) is 9.72 Å². The van der Waals surface area contributed by atoms with Crippen molar-refractivity contribution in [3.8, 4) is 22.8 Å². The molecule has 0 radical (unpaired) electrons. The normalized spacial score (nSPS) is 19.5. The molecule has 2 atom stereocenters. The Morgan fingerprint density at radius 1 is 0.667 bits per heavy atom. The van der Waals surface area contributed by atoms with E-state index in [1.165, 1.54) is 16.7 Å². The minimum Gasteiger partial charge on any atom is -0.457 e. The molecule has 0 N–H and O–H groups in total. The van der Waals surface area contributed by atoms with Crippen molar-refractivity contribution in [2.45, 2.75) is 17.9 Å². The van der Waals surface area contributed by atoms with Crippen LogP contribution in [0, 0.1) is 0 Å². The molecule has 3 aliphatic rings. The largest absolute Gasteiger partial charge is 0.457 e. The van der Waals surface area contributed by atoms with Crippen LogP contribution in [0.1, 0.15) is 28.7 Å². The maximum atomic E-state index is 6.73. The summed E-state index contributed by atoms with van der Waals surface area (Å²) >= 11 is 0. The molecule has 0 saturated carbocycles. The zero-order chi connectivity index (χ0) is 25.8. The Morgan fingerprint density at radius 3 is 2.31 bits per heavy atom. The third kappa shape index (κ3) is 3.13. The third-order valence-electron chi connectivity index (χ3n) is 8.28. The highest BCUT2D eigenvalue weighted by Gasteiger charge is 2.51. The van der Waals surface area contributed by atoms with Gasteiger partial charge in [0.15, 0.2) is 0 Å². The Labute approximate surface area is 228 Å². The fourth-order valence-corrected chi connectivity index (χ4v) is 6.73. The molecule has 2 heterocycles. The van der Waals surface area contributed by atoms with Gasteiger partial charge in [-0.3, -0.25) is 4.98 Å². The summed E-state index contributed by atoms with van der Waals surface area (Å²) in [6.45, 7) is 0. The van der Waals surface area contributed by atoms with Crippen LogP contribution in [0.2, 0.25) is 0 Å². The minimum absolute atomic E-state index is 0.220. The standard InChI is InChI=1S/C36H26N2O/c1-3-12-25(13-4-1)38(26-14-5-2-6-15-26)27-21-22-31-34(24-27)39-33-20-10-9-18-30(33)36(31)29-17-8-7-16-28(29)35-32(36)19-11-23-37-35/h1-14,16-24,26H,15H2. The number of hydrogen-bond donors (Lipinski definition) is 0. The van der Waals surface area contributed by atoms with Crippen molar-refractivity contribution in [3.63, 3.8) is 0 Å². The van der Waals surface area contributed by atoms with Crippen LogP contribution in [0.3, 0.4) is 0 Å². The number of para-hydroxylation sites is 2. The summed E-state index contributed by atoms with van der Waals surface area (Å²) in [5, 5.41) is 0. The molecule has 1 spiro atoms. The zero-order valence-corrected chi connectivity index (χ0v) is 21.4. The molecule has 8 rings (SSSR count). The summed E-state index contributed by atoms with van der Waals surface area (Å²) in [5.41, 5.74) is 8.77. The zero-order valence-electron chi connectivity index (χ0n) is 21.4. The number of nitrogens with zero attached hydrogens (tertiary/aromatic N) is 2. The lowest BCUT2D eigenvalue weighted by atomic mass is 9.66. The lowest BCUT2D eigenvalue weighted by Gasteiger charge is -2.40. The van der Waals surface area contributed by atoms with E-state index < -0.39 is 5.41 Å². The second-order valence-corrected chi connectivity index (χ2v) is 10.3. The Balaban J connectivity index is 1.39. The first-order valence-corrected chi connectivity index (χ1v) is 13.5. The molecule has 1 aromatic heterocycles. The Morgan fingerprint density at radius 2 is 1.44 bits per heavy atom. The molecule has 1 aliphatic heterocycles. The first-order chi connectivity index (χ1) is 19.4. The first-order valence-electron chi connectivity index (χ1n) is 13.5. The highest BCUT2D eigenvalue weighted by molar-refractivity contribution is 5.87. The molecule has 39 heavy (non-hydrogen) atoms. The average Bonchev–Trinajstić information content (AvgIpc) is 3.29. The van der Waals surface area contributed by atoms with Crippen molar-refractivity contribution in [2.75, 3.05) is 4.90 Å². The van der Waals surface area contributed by atoms with Gasteiger partial charge in [-0.1, -0.05) is 97.1 Å². The lowest BCUT2D eigenvalue weighted by Crippen LogP contribution is -2.33. The molecular formula is C36H26N2O. The quantitative estimate of drug-likeness (QED) is 0.242. The van der Waals surface area contributed by atoms with Gasteiger partial charge < -0.3 is 9.64 Å². The molecule has 4 aromatic carbocycles. The van der Waals surface area contributed by atoms with Gasteiger partial charge in [0.1, 0.15) is 11.5 Å². The van der Waals surface area contributed by atoms with Crippen molar-refractivity contribution < 1.29 is 4.74 Å². The van der Waals surface area contributed by atoms with E-state index in [0.29, 0.717) is 0 Å². The van der Waals surface area contributed by atoms with Crippen LogP contribution in [0.4, 0.5) is 11.4 Å². The van der Waals surface area contributed by atoms with E-state index >= 15 is 0 Å². The second-order valence-electron chi connectivity index (χ2n) is 10.3. The van der Waals surface area contributed by atoms with Crippen LogP contribution in [-0.2, 0) is 5.41 Å². The smallest absolute Gasteiger partial charge is 0.134 e. The molecule has 0 bridgehead atoms. The number of fused-ring (bicyclic) bond motifs is 9. The fraction of sp³-hybridized carbons (Fsp3) is 0.0833. The molecule has 2 aliphatic carbocycles. The second kappa shape index (κ2) is 8.57. The van der Waals surface area contributed by atoms with Crippen molar-refractivity contribution in [1.29, 1.82) is 0 Å². The summed E-state index contributed by atoms with van der Waals surface area (Å²) in [6, 6.07) is 39.1. The van der Waals surface area contributed by atoms with Crippen LogP contribution in [0.5, 0.6) is 11.5 Å². The van der Waals surface area contributed by atoms with E-state index in [1.807, 2.05) is 6.20 Å². The van der Waals surface area contributed by atoms with Crippen LogP contribution >= 0.6 is 0 Å². The highest BCUT2D eigenvalue weighted by Crippen LogP contribution is 2.61. The van der Waals surface area contributed by atoms with Gasteiger partial charge in [-0.05, 0) is 47.9 Å². The van der Waals surface area contributed by atoms with Gasteiger partial charge in [-0.25, -0.2) is 0 Å². The van der Waals surface area contributed by atoms with E-state index in [-0.39, 0.29) is 6.04 Å². The number of allylic oxidation sites excluding steroid dienone is 2. The van der Waals surface area contributed by atoms with Gasteiger partial charge in [-0.15, -0.1) is 0 Å². The Hall–Kier alpha value is -4.89. The molecular weight excluding hydrogens is 476 g/mol. The molecule has 3 nitrogen and oxygen atoms in total. The van der Waals surface area contributed by atoms with Gasteiger partial charge in [0.2, 0.25) is 0 Å². The number of rotatable bonds is 3. The maximum Gasteiger partial charge on any atom is 0.134 e. The predicted octanol–water partition coefficient (Wildman–Crippen LogP) is 8.57. The number of anilines is 2. The summed E-state index contributed by atoms with van der Waals surface area (Å²) in [6.07, 6.45) is 11.6. The summed E-state index contributed by atoms with van der Waals surface area (Å²) in [4.78, 5) is 7.29. The highest BCUT2D eigenvalue weighted by atomic mass is 16.5. The molecule has 0 amide bonds. The monoisotopic (exact) mass is 502 g/mol. The van der Waals surface area contributed by atoms with E-state index in [2.05, 4.69) is 138 Å². The minimum atomic E-state index is -0.492. The van der Waals surface area contributed by atoms with E-state index in [9.17, 15) is 0 Å². The number of pyridine rings is 1. The molecule has 2 unspecified atom stereocenters. The van der Waals surface area contributed by atoms with Crippen LogP contribution in [0.25, 0.3) is 11.3 Å².